The van der Waals surface area contributed by atoms with Gasteiger partial charge in [0.05, 0.1) is 17.6 Å². The van der Waals surface area contributed by atoms with E-state index < -0.39 is 10.5 Å². The molecule has 110 valence electrons. The molecule has 21 heavy (non-hydrogen) atoms. The number of unbranched alkanes of at least 4 members (excludes halogenated alkanes) is 1. The Morgan fingerprint density at radius 2 is 2.05 bits per heavy atom. The highest BCUT2D eigenvalue weighted by molar-refractivity contribution is 5.55. The Kier molecular flexibility index (Phi) is 4.65. The summed E-state index contributed by atoms with van der Waals surface area (Å²) < 4.78 is 10.7. The molecule has 0 spiro atoms. The van der Waals surface area contributed by atoms with Gasteiger partial charge in [0.15, 0.2) is 0 Å². The van der Waals surface area contributed by atoms with Crippen LogP contribution in [0.15, 0.2) is 39.5 Å². The maximum absolute atomic E-state index is 11.5. The molecule has 0 aliphatic rings. The van der Waals surface area contributed by atoms with E-state index in [2.05, 4.69) is 4.98 Å². The summed E-state index contributed by atoms with van der Waals surface area (Å²) in [7, 11) is 0. The topological polar surface area (TPSA) is 95.5 Å². The Hall–Kier alpha value is -2.70. The molecular formula is C14H14N2O5. The fourth-order valence-corrected chi connectivity index (χ4v) is 1.62. The van der Waals surface area contributed by atoms with Crippen molar-refractivity contribution in [2.24, 2.45) is 0 Å². The fourth-order valence-electron chi connectivity index (χ4n) is 1.62. The highest BCUT2D eigenvalue weighted by Crippen LogP contribution is 2.22. The molecule has 0 atom stereocenters. The van der Waals surface area contributed by atoms with Gasteiger partial charge in [0.2, 0.25) is 5.89 Å². The van der Waals surface area contributed by atoms with E-state index >= 15 is 0 Å². The average Bonchev–Trinajstić information content (AvgIpc) is 2.47. The zero-order valence-corrected chi connectivity index (χ0v) is 11.4. The summed E-state index contributed by atoms with van der Waals surface area (Å²) in [6.45, 7) is 2.47. The maximum atomic E-state index is 11.5. The maximum Gasteiger partial charge on any atom is 0.291 e. The molecule has 0 saturated carbocycles. The lowest BCUT2D eigenvalue weighted by molar-refractivity contribution is -0.384. The lowest BCUT2D eigenvalue weighted by Gasteiger charge is -2.05. The number of hydrogen-bond donors (Lipinski definition) is 0. The van der Waals surface area contributed by atoms with Crippen LogP contribution in [-0.4, -0.2) is 16.5 Å². The Bertz CT molecular complexity index is 679. The van der Waals surface area contributed by atoms with Gasteiger partial charge in [-0.05, 0) is 18.6 Å². The van der Waals surface area contributed by atoms with Gasteiger partial charge in [-0.15, -0.1) is 0 Å². The number of aromatic nitrogens is 1. The van der Waals surface area contributed by atoms with Gasteiger partial charge in [-0.2, -0.15) is 4.98 Å². The van der Waals surface area contributed by atoms with Crippen LogP contribution in [0.4, 0.5) is 5.69 Å². The molecule has 2 rings (SSSR count). The molecule has 1 aromatic carbocycles. The summed E-state index contributed by atoms with van der Waals surface area (Å²) >= 11 is 0. The second-order valence-corrected chi connectivity index (χ2v) is 4.33. The number of non-ortho nitro benzene ring substituents is 1. The van der Waals surface area contributed by atoms with Gasteiger partial charge < -0.3 is 9.15 Å². The van der Waals surface area contributed by atoms with Crippen LogP contribution in [0.25, 0.3) is 11.5 Å². The van der Waals surface area contributed by atoms with Crippen molar-refractivity contribution in [1.82, 2.24) is 4.98 Å². The van der Waals surface area contributed by atoms with Crippen molar-refractivity contribution in [3.05, 3.63) is 50.8 Å². The third-order valence-electron chi connectivity index (χ3n) is 2.72. The Morgan fingerprint density at radius 1 is 1.33 bits per heavy atom. The van der Waals surface area contributed by atoms with E-state index in [-0.39, 0.29) is 17.5 Å². The monoisotopic (exact) mass is 290 g/mol. The normalized spacial score (nSPS) is 10.3. The Labute approximate surface area is 120 Å². The number of rotatable bonds is 6. The second kappa shape index (κ2) is 6.65. The molecule has 0 amide bonds. The molecule has 7 heteroatoms. The van der Waals surface area contributed by atoms with E-state index in [1.54, 1.807) is 0 Å². The molecule has 0 bridgehead atoms. The minimum Gasteiger partial charge on any atom is -0.465 e. The van der Waals surface area contributed by atoms with E-state index in [1.165, 1.54) is 30.3 Å². The molecule has 0 aliphatic heterocycles. The quantitative estimate of drug-likeness (QED) is 0.461. The van der Waals surface area contributed by atoms with Crippen LogP contribution in [-0.2, 0) is 0 Å². The highest BCUT2D eigenvalue weighted by atomic mass is 16.6. The van der Waals surface area contributed by atoms with E-state index in [1.807, 2.05) is 6.92 Å². The molecule has 1 aromatic heterocycles. The first kappa shape index (κ1) is 14.7. The molecule has 1 heterocycles. The fraction of sp³-hybridized carbons (Fsp3) is 0.286. The molecule has 2 aromatic rings. The third kappa shape index (κ3) is 3.88. The molecule has 0 N–H and O–H groups in total. The number of nitrogens with zero attached hydrogens (tertiary/aromatic N) is 2. The Balaban J connectivity index is 2.26. The summed E-state index contributed by atoms with van der Waals surface area (Å²) in [6, 6.07) is 6.76. The standard InChI is InChI=1S/C14H14N2O5/c1-2-3-8-20-13-9-12(17)15-14(21-13)10-4-6-11(7-5-10)16(18)19/h4-7,9H,2-3,8H2,1H3. The van der Waals surface area contributed by atoms with Crippen LogP contribution in [0.1, 0.15) is 19.8 Å². The van der Waals surface area contributed by atoms with Crippen LogP contribution in [0.2, 0.25) is 0 Å². The first-order valence-electron chi connectivity index (χ1n) is 6.50. The summed E-state index contributed by atoms with van der Waals surface area (Å²) in [5.41, 5.74) is -0.0591. The number of nitro benzene ring substituents is 1. The van der Waals surface area contributed by atoms with Crippen molar-refractivity contribution in [1.29, 1.82) is 0 Å². The lowest BCUT2D eigenvalue weighted by Crippen LogP contribution is -2.07. The lowest BCUT2D eigenvalue weighted by atomic mass is 10.2. The van der Waals surface area contributed by atoms with E-state index in [9.17, 15) is 14.9 Å². The van der Waals surface area contributed by atoms with Gasteiger partial charge in [-0.25, -0.2) is 0 Å². The number of hydrogen-bond acceptors (Lipinski definition) is 6. The zero-order valence-electron chi connectivity index (χ0n) is 11.4. The third-order valence-corrected chi connectivity index (χ3v) is 2.72. The van der Waals surface area contributed by atoms with Gasteiger partial charge >= 0.3 is 0 Å². The molecule has 0 radical (unpaired) electrons. The SMILES string of the molecule is CCCCOc1cc(=O)nc(-c2ccc([N+](=O)[O-])cc2)o1. The minimum absolute atomic E-state index is 0.0450. The van der Waals surface area contributed by atoms with E-state index in [0.717, 1.165) is 12.8 Å². The Morgan fingerprint density at radius 3 is 2.67 bits per heavy atom. The molecule has 0 aliphatic carbocycles. The van der Waals surface area contributed by atoms with E-state index in [4.69, 9.17) is 9.15 Å². The van der Waals surface area contributed by atoms with Gasteiger partial charge in [0.1, 0.15) is 0 Å². The van der Waals surface area contributed by atoms with Crippen molar-refractivity contribution in [3.63, 3.8) is 0 Å². The van der Waals surface area contributed by atoms with Gasteiger partial charge in [0.25, 0.3) is 17.2 Å². The largest absolute Gasteiger partial charge is 0.465 e. The number of nitro groups is 1. The van der Waals surface area contributed by atoms with Crippen LogP contribution >= 0.6 is 0 Å². The second-order valence-electron chi connectivity index (χ2n) is 4.33. The van der Waals surface area contributed by atoms with Crippen LogP contribution < -0.4 is 10.3 Å². The highest BCUT2D eigenvalue weighted by Gasteiger charge is 2.10. The van der Waals surface area contributed by atoms with Crippen molar-refractivity contribution in [2.45, 2.75) is 19.8 Å². The molecule has 0 unspecified atom stereocenters. The molecule has 0 fully saturated rings. The summed E-state index contributed by atoms with van der Waals surface area (Å²) in [6.07, 6.45) is 1.81. The van der Waals surface area contributed by atoms with Crippen molar-refractivity contribution < 1.29 is 14.1 Å². The van der Waals surface area contributed by atoms with Gasteiger partial charge in [-0.1, -0.05) is 13.3 Å². The summed E-state index contributed by atoms with van der Waals surface area (Å²) in [4.78, 5) is 25.4. The van der Waals surface area contributed by atoms with Gasteiger partial charge in [-0.3, -0.25) is 14.9 Å². The molecule has 7 nitrogen and oxygen atoms in total. The minimum atomic E-state index is -0.502. The predicted molar refractivity (Wildman–Crippen MR) is 75.3 cm³/mol. The molecule has 0 saturated heterocycles. The van der Waals surface area contributed by atoms with E-state index in [0.29, 0.717) is 12.2 Å². The predicted octanol–water partition coefficient (Wildman–Crippen LogP) is 2.79. The van der Waals surface area contributed by atoms with Crippen LogP contribution in [0.3, 0.4) is 0 Å². The van der Waals surface area contributed by atoms with Crippen LogP contribution in [0, 0.1) is 10.1 Å². The van der Waals surface area contributed by atoms with Gasteiger partial charge in [0, 0.05) is 17.7 Å². The number of benzene rings is 1. The van der Waals surface area contributed by atoms with Crippen molar-refractivity contribution in [3.8, 4) is 17.4 Å². The first-order chi connectivity index (χ1) is 10.1. The summed E-state index contributed by atoms with van der Waals surface area (Å²) in [5.74, 6) is 0.167. The zero-order chi connectivity index (χ0) is 15.2. The number of ether oxygens (including phenoxy) is 1. The van der Waals surface area contributed by atoms with Crippen molar-refractivity contribution >= 4 is 5.69 Å². The van der Waals surface area contributed by atoms with Crippen molar-refractivity contribution in [2.75, 3.05) is 6.61 Å². The van der Waals surface area contributed by atoms with Crippen LogP contribution in [0.5, 0.6) is 5.95 Å². The summed E-state index contributed by atoms with van der Waals surface area (Å²) in [5, 5.41) is 10.6. The molecular weight excluding hydrogens is 276 g/mol. The smallest absolute Gasteiger partial charge is 0.291 e. The average molecular weight is 290 g/mol. The first-order valence-corrected chi connectivity index (χ1v) is 6.50.